The highest BCUT2D eigenvalue weighted by atomic mass is 79.9. The number of urea groups is 1. The van der Waals surface area contributed by atoms with Crippen LogP contribution < -0.4 is 15.4 Å². The lowest BCUT2D eigenvalue weighted by Gasteiger charge is -2.31. The van der Waals surface area contributed by atoms with Gasteiger partial charge in [-0.25, -0.2) is 9.59 Å². The van der Waals surface area contributed by atoms with Crippen LogP contribution in [0.3, 0.4) is 0 Å². The molecule has 7 heteroatoms. The molecular weight excluding hydrogens is 412 g/mol. The van der Waals surface area contributed by atoms with Gasteiger partial charge in [0, 0.05) is 5.70 Å². The van der Waals surface area contributed by atoms with Gasteiger partial charge in [0.15, 0.2) is 0 Å². The van der Waals surface area contributed by atoms with Crippen molar-refractivity contribution >= 4 is 27.9 Å². The van der Waals surface area contributed by atoms with Crippen LogP contribution in [0.4, 0.5) is 4.79 Å². The van der Waals surface area contributed by atoms with Gasteiger partial charge < -0.3 is 20.1 Å². The summed E-state index contributed by atoms with van der Waals surface area (Å²) in [4.78, 5) is 25.0. The molecule has 0 fully saturated rings. The molecule has 1 atom stereocenters. The number of halogens is 1. The first-order valence-corrected chi connectivity index (χ1v) is 9.88. The second-order valence-corrected chi connectivity index (χ2v) is 8.18. The standard InChI is InChI=1S/C20H27BrN2O4/c1-10(2)17-16(19(24)27-12(5)6)18(23-20(25)22-17)13-7-8-15(14(21)9-13)26-11(3)4/h7-12,18H,1-6H3,(H2,22,23,25). The largest absolute Gasteiger partial charge is 0.490 e. The van der Waals surface area contributed by atoms with Crippen molar-refractivity contribution < 1.29 is 19.1 Å². The quantitative estimate of drug-likeness (QED) is 0.642. The first kappa shape index (κ1) is 21.3. The maximum absolute atomic E-state index is 12.8. The van der Waals surface area contributed by atoms with E-state index in [4.69, 9.17) is 9.47 Å². The number of hydrogen-bond acceptors (Lipinski definition) is 4. The van der Waals surface area contributed by atoms with Crippen molar-refractivity contribution in [2.45, 2.75) is 59.8 Å². The third-order valence-corrected chi connectivity index (χ3v) is 4.51. The summed E-state index contributed by atoms with van der Waals surface area (Å²) >= 11 is 3.51. The summed E-state index contributed by atoms with van der Waals surface area (Å²) < 4.78 is 11.9. The molecule has 1 aromatic carbocycles. The topological polar surface area (TPSA) is 76.7 Å². The van der Waals surface area contributed by atoms with E-state index >= 15 is 0 Å². The number of esters is 1. The van der Waals surface area contributed by atoms with E-state index in [0.29, 0.717) is 17.0 Å². The molecule has 0 aromatic heterocycles. The second-order valence-electron chi connectivity index (χ2n) is 7.32. The van der Waals surface area contributed by atoms with Crippen molar-refractivity contribution in [3.63, 3.8) is 0 Å². The van der Waals surface area contributed by atoms with E-state index in [1.807, 2.05) is 45.9 Å². The molecule has 6 nitrogen and oxygen atoms in total. The van der Waals surface area contributed by atoms with Crippen LogP contribution in [0.15, 0.2) is 33.9 Å². The highest BCUT2D eigenvalue weighted by Crippen LogP contribution is 2.35. The number of carbonyl (C=O) groups is 2. The van der Waals surface area contributed by atoms with Gasteiger partial charge in [-0.15, -0.1) is 0 Å². The Bertz CT molecular complexity index is 756. The van der Waals surface area contributed by atoms with Crippen LogP contribution in [0.1, 0.15) is 53.1 Å². The van der Waals surface area contributed by atoms with Gasteiger partial charge in [0.25, 0.3) is 0 Å². The SMILES string of the molecule is CC(C)OC(=O)C1=C(C(C)C)NC(=O)NC1c1ccc(OC(C)C)c(Br)c1. The van der Waals surface area contributed by atoms with Crippen LogP contribution in [-0.4, -0.2) is 24.2 Å². The van der Waals surface area contributed by atoms with Crippen molar-refractivity contribution in [3.05, 3.63) is 39.5 Å². The molecule has 0 saturated carbocycles. The molecule has 1 aliphatic heterocycles. The molecule has 148 valence electrons. The summed E-state index contributed by atoms with van der Waals surface area (Å²) in [6.07, 6.45) is -0.222. The molecular formula is C20H27BrN2O4. The minimum atomic E-state index is -0.605. The number of rotatable bonds is 6. The van der Waals surface area contributed by atoms with E-state index in [1.54, 1.807) is 13.8 Å². The summed E-state index contributed by atoms with van der Waals surface area (Å²) in [6, 6.07) is 4.58. The van der Waals surface area contributed by atoms with Gasteiger partial charge in [0.2, 0.25) is 0 Å². The van der Waals surface area contributed by atoms with Gasteiger partial charge in [-0.3, -0.25) is 0 Å². The fourth-order valence-electron chi connectivity index (χ4n) is 2.84. The number of amides is 2. The predicted octanol–water partition coefficient (Wildman–Crippen LogP) is 4.45. The normalized spacial score (nSPS) is 17.3. The maximum Gasteiger partial charge on any atom is 0.338 e. The van der Waals surface area contributed by atoms with Gasteiger partial charge in [0.1, 0.15) is 5.75 Å². The molecule has 0 saturated heterocycles. The van der Waals surface area contributed by atoms with E-state index in [2.05, 4.69) is 26.6 Å². The van der Waals surface area contributed by atoms with Crippen LogP contribution in [0.2, 0.25) is 0 Å². The van der Waals surface area contributed by atoms with Crippen molar-refractivity contribution in [1.29, 1.82) is 0 Å². The van der Waals surface area contributed by atoms with Gasteiger partial charge >= 0.3 is 12.0 Å². The molecule has 2 amide bonds. The molecule has 0 bridgehead atoms. The molecule has 1 aromatic rings. The molecule has 1 unspecified atom stereocenters. The summed E-state index contributed by atoms with van der Waals surface area (Å²) in [5.74, 6) is 0.221. The summed E-state index contributed by atoms with van der Waals surface area (Å²) in [5.41, 5.74) is 1.76. The van der Waals surface area contributed by atoms with Gasteiger partial charge in [-0.1, -0.05) is 19.9 Å². The second kappa shape index (κ2) is 8.78. The zero-order valence-corrected chi connectivity index (χ0v) is 18.1. The van der Waals surface area contributed by atoms with E-state index in [9.17, 15) is 9.59 Å². The molecule has 0 spiro atoms. The van der Waals surface area contributed by atoms with E-state index in [1.165, 1.54) is 0 Å². The van der Waals surface area contributed by atoms with Gasteiger partial charge in [-0.05, 0) is 67.2 Å². The van der Waals surface area contributed by atoms with Gasteiger partial charge in [0.05, 0.1) is 28.3 Å². The highest BCUT2D eigenvalue weighted by Gasteiger charge is 2.35. The number of ether oxygens (including phenoxy) is 2. The minimum Gasteiger partial charge on any atom is -0.490 e. The molecule has 0 radical (unpaired) electrons. The first-order valence-electron chi connectivity index (χ1n) is 9.08. The Kier molecular flexibility index (Phi) is 6.92. The van der Waals surface area contributed by atoms with Crippen LogP contribution in [-0.2, 0) is 9.53 Å². The monoisotopic (exact) mass is 438 g/mol. The van der Waals surface area contributed by atoms with Crippen LogP contribution in [0, 0.1) is 5.92 Å². The lowest BCUT2D eigenvalue weighted by molar-refractivity contribution is -0.143. The van der Waals surface area contributed by atoms with E-state index in [0.717, 1.165) is 10.0 Å². The van der Waals surface area contributed by atoms with Crippen molar-refractivity contribution in [3.8, 4) is 5.75 Å². The van der Waals surface area contributed by atoms with Crippen LogP contribution >= 0.6 is 15.9 Å². The van der Waals surface area contributed by atoms with Crippen molar-refractivity contribution in [1.82, 2.24) is 10.6 Å². The number of nitrogens with one attached hydrogen (secondary N) is 2. The Morgan fingerprint density at radius 2 is 1.78 bits per heavy atom. The van der Waals surface area contributed by atoms with Crippen LogP contribution in [0.5, 0.6) is 5.75 Å². The molecule has 0 aliphatic carbocycles. The van der Waals surface area contributed by atoms with Gasteiger partial charge in [-0.2, -0.15) is 0 Å². The lowest BCUT2D eigenvalue weighted by atomic mass is 9.91. The third kappa shape index (κ3) is 5.25. The average molecular weight is 439 g/mol. The van der Waals surface area contributed by atoms with E-state index < -0.39 is 12.0 Å². The molecule has 2 N–H and O–H groups in total. The fraction of sp³-hybridized carbons (Fsp3) is 0.500. The Hall–Kier alpha value is -2.02. The molecule has 2 rings (SSSR count). The minimum absolute atomic E-state index is 0.0368. The lowest BCUT2D eigenvalue weighted by Crippen LogP contribution is -2.47. The Balaban J connectivity index is 2.51. The van der Waals surface area contributed by atoms with Crippen molar-refractivity contribution in [2.24, 2.45) is 5.92 Å². The van der Waals surface area contributed by atoms with Crippen molar-refractivity contribution in [2.75, 3.05) is 0 Å². The summed E-state index contributed by atoms with van der Waals surface area (Å²) in [6.45, 7) is 11.3. The zero-order chi connectivity index (χ0) is 20.3. The Morgan fingerprint density at radius 3 is 2.30 bits per heavy atom. The Labute approximate surface area is 168 Å². The Morgan fingerprint density at radius 1 is 1.11 bits per heavy atom. The van der Waals surface area contributed by atoms with Crippen LogP contribution in [0.25, 0.3) is 0 Å². The fourth-order valence-corrected chi connectivity index (χ4v) is 3.33. The number of carbonyl (C=O) groups excluding carboxylic acids is 2. The average Bonchev–Trinajstić information content (AvgIpc) is 2.54. The summed E-state index contributed by atoms with van der Waals surface area (Å²) in [5, 5.41) is 5.60. The smallest absolute Gasteiger partial charge is 0.338 e. The first-order chi connectivity index (χ1) is 12.6. The number of allylic oxidation sites excluding steroid dienone is 1. The number of hydrogen-bond donors (Lipinski definition) is 2. The highest BCUT2D eigenvalue weighted by molar-refractivity contribution is 9.10. The predicted molar refractivity (Wildman–Crippen MR) is 107 cm³/mol. The molecule has 1 heterocycles. The summed E-state index contributed by atoms with van der Waals surface area (Å²) in [7, 11) is 0. The third-order valence-electron chi connectivity index (χ3n) is 3.89. The van der Waals surface area contributed by atoms with E-state index in [-0.39, 0.29) is 24.2 Å². The number of benzene rings is 1. The maximum atomic E-state index is 12.8. The molecule has 27 heavy (non-hydrogen) atoms. The molecule has 1 aliphatic rings. The zero-order valence-electron chi connectivity index (χ0n) is 16.6.